The molecule has 3 rings (SSSR count). The van der Waals surface area contributed by atoms with Crippen molar-refractivity contribution < 1.29 is 9.59 Å². The number of hydrogen-bond acceptors (Lipinski definition) is 5. The van der Waals surface area contributed by atoms with E-state index in [1.165, 1.54) is 11.3 Å². The van der Waals surface area contributed by atoms with Gasteiger partial charge in [-0.15, -0.1) is 11.3 Å². The molecule has 0 aliphatic heterocycles. The van der Waals surface area contributed by atoms with Gasteiger partial charge in [-0.2, -0.15) is 0 Å². The summed E-state index contributed by atoms with van der Waals surface area (Å²) in [5, 5.41) is 6.46. The number of thiazole rings is 1. The Balaban J connectivity index is 1.65. The number of aromatic nitrogens is 2. The topological polar surface area (TPSA) is 84.0 Å². The van der Waals surface area contributed by atoms with E-state index in [9.17, 15) is 9.59 Å². The normalized spacial score (nSPS) is 10.5. The number of nitrogens with one attached hydrogen (secondary N) is 2. The molecule has 1 aromatic carbocycles. The molecule has 0 atom stereocenters. The first-order valence-electron chi connectivity index (χ1n) is 6.98. The zero-order valence-electron chi connectivity index (χ0n) is 12.4. The summed E-state index contributed by atoms with van der Waals surface area (Å²) in [4.78, 5) is 33.0. The maximum Gasteiger partial charge on any atom is 0.315 e. The van der Waals surface area contributed by atoms with Gasteiger partial charge in [0.25, 0.3) is 0 Å². The Morgan fingerprint density at radius 2 is 1.96 bits per heavy atom. The van der Waals surface area contributed by atoms with Crippen molar-refractivity contribution in [3.05, 3.63) is 53.2 Å². The second-order valence-corrected chi connectivity index (χ2v) is 6.13. The van der Waals surface area contributed by atoms with Crippen molar-refractivity contribution >= 4 is 39.2 Å². The molecular formula is C16H14N4O2S. The molecular weight excluding hydrogens is 312 g/mol. The minimum Gasteiger partial charge on any atom is -0.344 e. The first-order chi connectivity index (χ1) is 11.1. The summed E-state index contributed by atoms with van der Waals surface area (Å²) in [6.45, 7) is 2.13. The van der Waals surface area contributed by atoms with Crippen molar-refractivity contribution in [3.63, 3.8) is 0 Å². The van der Waals surface area contributed by atoms with Crippen LogP contribution in [0.15, 0.2) is 42.7 Å². The largest absolute Gasteiger partial charge is 0.344 e. The highest BCUT2D eigenvalue weighted by Gasteiger charge is 2.15. The third-order valence-corrected chi connectivity index (χ3v) is 4.05. The summed E-state index contributed by atoms with van der Waals surface area (Å²) >= 11 is 1.32. The van der Waals surface area contributed by atoms with Gasteiger partial charge in [0.05, 0.1) is 5.52 Å². The molecule has 2 aromatic heterocycles. The van der Waals surface area contributed by atoms with Crippen LogP contribution in [0.25, 0.3) is 10.9 Å². The van der Waals surface area contributed by atoms with E-state index in [2.05, 4.69) is 20.6 Å². The number of anilines is 1. The Hall–Kier alpha value is -2.80. The molecule has 7 heteroatoms. The lowest BCUT2D eigenvalue weighted by Crippen LogP contribution is -2.34. The van der Waals surface area contributed by atoms with Gasteiger partial charge in [0.2, 0.25) is 0 Å². The Kier molecular flexibility index (Phi) is 4.29. The number of para-hydroxylation sites is 1. The first kappa shape index (κ1) is 15.1. The van der Waals surface area contributed by atoms with Gasteiger partial charge in [-0.3, -0.25) is 19.9 Å². The van der Waals surface area contributed by atoms with Crippen molar-refractivity contribution in [1.82, 2.24) is 15.3 Å². The molecule has 116 valence electrons. The number of fused-ring (bicyclic) bond motifs is 1. The molecule has 0 aliphatic carbocycles. The van der Waals surface area contributed by atoms with Crippen LogP contribution in [0.3, 0.4) is 0 Å². The number of hydrogen-bond donors (Lipinski definition) is 2. The van der Waals surface area contributed by atoms with Crippen molar-refractivity contribution in [2.75, 3.05) is 5.32 Å². The van der Waals surface area contributed by atoms with E-state index in [-0.39, 0.29) is 6.54 Å². The molecule has 0 unspecified atom stereocenters. The van der Waals surface area contributed by atoms with E-state index in [4.69, 9.17) is 0 Å². The molecule has 0 bridgehead atoms. The molecule has 6 nitrogen and oxygen atoms in total. The Labute approximate surface area is 136 Å². The van der Waals surface area contributed by atoms with Crippen molar-refractivity contribution in [1.29, 1.82) is 0 Å². The minimum atomic E-state index is -0.724. The van der Waals surface area contributed by atoms with Gasteiger partial charge in [0.15, 0.2) is 5.13 Å². The third kappa shape index (κ3) is 3.51. The summed E-state index contributed by atoms with van der Waals surface area (Å²) in [6, 6.07) is 9.47. The van der Waals surface area contributed by atoms with Crippen LogP contribution in [-0.4, -0.2) is 21.8 Å². The maximum absolute atomic E-state index is 11.9. The molecule has 2 amide bonds. The predicted molar refractivity (Wildman–Crippen MR) is 89.1 cm³/mol. The average Bonchev–Trinajstić information content (AvgIpc) is 2.97. The highest BCUT2D eigenvalue weighted by Crippen LogP contribution is 2.17. The fourth-order valence-corrected chi connectivity index (χ4v) is 2.79. The van der Waals surface area contributed by atoms with E-state index >= 15 is 0 Å². The molecule has 0 spiro atoms. The smallest absolute Gasteiger partial charge is 0.315 e. The number of pyridine rings is 1. The number of nitrogens with zero attached hydrogens (tertiary/aromatic N) is 2. The fraction of sp³-hybridized carbons (Fsp3) is 0.125. The maximum atomic E-state index is 11.9. The van der Waals surface area contributed by atoms with E-state index in [0.29, 0.717) is 5.13 Å². The van der Waals surface area contributed by atoms with Crippen LogP contribution in [-0.2, 0) is 16.1 Å². The number of rotatable bonds is 3. The highest BCUT2D eigenvalue weighted by molar-refractivity contribution is 7.15. The summed E-state index contributed by atoms with van der Waals surface area (Å²) in [5.41, 5.74) is 1.75. The number of amides is 2. The number of carbonyl (C=O) groups is 2. The van der Waals surface area contributed by atoms with Gasteiger partial charge in [-0.1, -0.05) is 18.2 Å². The van der Waals surface area contributed by atoms with E-state index < -0.39 is 11.8 Å². The Bertz CT molecular complexity index is 870. The molecule has 0 fully saturated rings. The minimum absolute atomic E-state index is 0.256. The SMILES string of the molecule is Cc1cnc(NC(=O)C(=O)NCc2ccnc3ccccc23)s1. The van der Waals surface area contributed by atoms with E-state index in [1.54, 1.807) is 12.4 Å². The lowest BCUT2D eigenvalue weighted by molar-refractivity contribution is -0.136. The van der Waals surface area contributed by atoms with Crippen LogP contribution in [0.5, 0.6) is 0 Å². The van der Waals surface area contributed by atoms with Gasteiger partial charge in [0.1, 0.15) is 0 Å². The van der Waals surface area contributed by atoms with Crippen molar-refractivity contribution in [2.24, 2.45) is 0 Å². The zero-order valence-corrected chi connectivity index (χ0v) is 13.2. The molecule has 3 aromatic rings. The van der Waals surface area contributed by atoms with Gasteiger partial charge in [0, 0.05) is 29.2 Å². The molecule has 2 N–H and O–H groups in total. The monoisotopic (exact) mass is 326 g/mol. The van der Waals surface area contributed by atoms with Gasteiger partial charge in [-0.05, 0) is 24.6 Å². The van der Waals surface area contributed by atoms with Crippen LogP contribution >= 0.6 is 11.3 Å². The zero-order chi connectivity index (χ0) is 16.2. The summed E-state index contributed by atoms with van der Waals surface area (Å²) in [6.07, 6.45) is 3.32. The standard InChI is InChI=1S/C16H14N4O2S/c1-10-8-19-16(23-10)20-15(22)14(21)18-9-11-6-7-17-13-5-3-2-4-12(11)13/h2-8H,9H2,1H3,(H,18,21)(H,19,20,22). The molecule has 23 heavy (non-hydrogen) atoms. The lowest BCUT2D eigenvalue weighted by atomic mass is 10.1. The Morgan fingerprint density at radius 1 is 1.13 bits per heavy atom. The summed E-state index contributed by atoms with van der Waals surface area (Å²) in [5.74, 6) is -1.42. The highest BCUT2D eigenvalue weighted by atomic mass is 32.1. The second-order valence-electron chi connectivity index (χ2n) is 4.90. The first-order valence-corrected chi connectivity index (χ1v) is 7.79. The molecule has 0 saturated carbocycles. The van der Waals surface area contributed by atoms with Crippen LogP contribution in [0.2, 0.25) is 0 Å². The molecule has 0 aliphatic rings. The van der Waals surface area contributed by atoms with Gasteiger partial charge in [-0.25, -0.2) is 4.98 Å². The Morgan fingerprint density at radius 3 is 2.74 bits per heavy atom. The van der Waals surface area contributed by atoms with Crippen molar-refractivity contribution in [2.45, 2.75) is 13.5 Å². The van der Waals surface area contributed by atoms with Gasteiger partial charge < -0.3 is 5.32 Å². The van der Waals surface area contributed by atoms with E-state index in [1.807, 2.05) is 37.3 Å². The van der Waals surface area contributed by atoms with Crippen LogP contribution in [0.1, 0.15) is 10.4 Å². The average molecular weight is 326 g/mol. The van der Waals surface area contributed by atoms with Crippen LogP contribution < -0.4 is 10.6 Å². The summed E-state index contributed by atoms with van der Waals surface area (Å²) in [7, 11) is 0. The molecule has 2 heterocycles. The quantitative estimate of drug-likeness (QED) is 0.723. The summed E-state index contributed by atoms with van der Waals surface area (Å²) < 4.78 is 0. The second kappa shape index (κ2) is 6.53. The van der Waals surface area contributed by atoms with Gasteiger partial charge >= 0.3 is 11.8 Å². The molecule has 0 radical (unpaired) electrons. The van der Waals surface area contributed by atoms with Crippen molar-refractivity contribution in [3.8, 4) is 0 Å². The number of benzene rings is 1. The molecule has 0 saturated heterocycles. The van der Waals surface area contributed by atoms with Crippen LogP contribution in [0.4, 0.5) is 5.13 Å². The number of carbonyl (C=O) groups excluding carboxylic acids is 2. The van der Waals surface area contributed by atoms with Crippen LogP contribution in [0, 0.1) is 6.92 Å². The lowest BCUT2D eigenvalue weighted by Gasteiger charge is -2.07. The number of aryl methyl sites for hydroxylation is 1. The fourth-order valence-electron chi connectivity index (χ4n) is 2.13. The predicted octanol–water partition coefficient (Wildman–Crippen LogP) is 2.25. The van der Waals surface area contributed by atoms with E-state index in [0.717, 1.165) is 21.3 Å². The third-order valence-electron chi connectivity index (χ3n) is 3.23.